The summed E-state index contributed by atoms with van der Waals surface area (Å²) in [5.74, 6) is 1.51. The van der Waals surface area contributed by atoms with Crippen molar-refractivity contribution in [2.24, 2.45) is 17.8 Å². The second-order valence-electron chi connectivity index (χ2n) is 6.90. The monoisotopic (exact) mass is 343 g/mol. The fourth-order valence-electron chi connectivity index (χ4n) is 4.89. The van der Waals surface area contributed by atoms with Crippen molar-refractivity contribution in [3.63, 3.8) is 0 Å². The molecule has 0 aromatic carbocycles. The molecule has 1 amide bonds. The number of alkyl halides is 1. The van der Waals surface area contributed by atoms with E-state index in [0.29, 0.717) is 17.8 Å². The van der Waals surface area contributed by atoms with Crippen molar-refractivity contribution >= 4 is 27.8 Å². The minimum absolute atomic E-state index is 0.0732. The van der Waals surface area contributed by atoms with Crippen LogP contribution in [-0.2, 0) is 14.3 Å². The standard InChI is InChI=1S/C15H22BrNO3/c1-8(16)14(19)17-13-11-3-10-4-12(13)7-15(5-10,6-11)20-9(2)18/h8,10-13H,3-7H2,1-2H3,(H,17,19). The van der Waals surface area contributed by atoms with Gasteiger partial charge >= 0.3 is 5.97 Å². The van der Waals surface area contributed by atoms with Crippen LogP contribution in [0.2, 0.25) is 0 Å². The molecule has 0 spiro atoms. The van der Waals surface area contributed by atoms with Crippen LogP contribution in [0.1, 0.15) is 46.0 Å². The van der Waals surface area contributed by atoms with Gasteiger partial charge in [-0.05, 0) is 56.8 Å². The second-order valence-corrected chi connectivity index (χ2v) is 8.27. The van der Waals surface area contributed by atoms with E-state index in [9.17, 15) is 9.59 Å². The summed E-state index contributed by atoms with van der Waals surface area (Å²) in [7, 11) is 0. The molecule has 4 saturated carbocycles. The van der Waals surface area contributed by atoms with Gasteiger partial charge in [0.2, 0.25) is 5.91 Å². The Bertz CT molecular complexity index is 421. The normalized spacial score (nSPS) is 43.1. The lowest BCUT2D eigenvalue weighted by molar-refractivity contribution is -0.189. The zero-order valence-corrected chi connectivity index (χ0v) is 13.6. The predicted octanol–water partition coefficient (Wildman–Crippen LogP) is 2.40. The smallest absolute Gasteiger partial charge is 0.303 e. The minimum Gasteiger partial charge on any atom is -0.459 e. The molecule has 4 fully saturated rings. The van der Waals surface area contributed by atoms with E-state index in [0.717, 1.165) is 19.3 Å². The molecule has 0 heterocycles. The molecule has 4 aliphatic rings. The summed E-state index contributed by atoms with van der Waals surface area (Å²) in [5, 5.41) is 3.21. The number of hydrogen-bond acceptors (Lipinski definition) is 3. The summed E-state index contributed by atoms with van der Waals surface area (Å²) in [6.45, 7) is 3.36. The first-order valence-electron chi connectivity index (χ1n) is 7.52. The topological polar surface area (TPSA) is 55.4 Å². The van der Waals surface area contributed by atoms with Gasteiger partial charge < -0.3 is 10.1 Å². The van der Waals surface area contributed by atoms with Gasteiger partial charge in [-0.1, -0.05) is 15.9 Å². The van der Waals surface area contributed by atoms with E-state index in [-0.39, 0.29) is 28.3 Å². The second kappa shape index (κ2) is 5.00. The molecule has 0 aromatic heterocycles. The quantitative estimate of drug-likeness (QED) is 0.632. The summed E-state index contributed by atoms with van der Waals surface area (Å²) in [6, 6.07) is 0.266. The number of amides is 1. The van der Waals surface area contributed by atoms with E-state index >= 15 is 0 Å². The molecule has 3 unspecified atom stereocenters. The first-order valence-corrected chi connectivity index (χ1v) is 8.44. The molecule has 5 heteroatoms. The molecule has 4 rings (SSSR count). The Hall–Kier alpha value is -0.580. The maximum absolute atomic E-state index is 11.9. The number of rotatable bonds is 3. The highest BCUT2D eigenvalue weighted by Crippen LogP contribution is 2.57. The SMILES string of the molecule is CC(=O)OC12CC3CC(C1)C(NC(=O)C(C)Br)C(C3)C2. The Morgan fingerprint density at radius 1 is 1.25 bits per heavy atom. The summed E-state index contributed by atoms with van der Waals surface area (Å²) in [5.41, 5.74) is -0.233. The highest BCUT2D eigenvalue weighted by Gasteiger charge is 2.57. The molecule has 4 bridgehead atoms. The average molecular weight is 344 g/mol. The molecule has 4 nitrogen and oxygen atoms in total. The van der Waals surface area contributed by atoms with Crippen LogP contribution < -0.4 is 5.32 Å². The van der Waals surface area contributed by atoms with Crippen molar-refractivity contribution in [1.82, 2.24) is 5.32 Å². The third-order valence-electron chi connectivity index (χ3n) is 5.25. The van der Waals surface area contributed by atoms with E-state index in [2.05, 4.69) is 21.2 Å². The number of nitrogens with one attached hydrogen (secondary N) is 1. The molecule has 3 atom stereocenters. The maximum atomic E-state index is 11.9. The number of halogens is 1. The van der Waals surface area contributed by atoms with E-state index in [4.69, 9.17) is 4.74 Å². The van der Waals surface area contributed by atoms with Crippen LogP contribution in [0.4, 0.5) is 0 Å². The number of carbonyl (C=O) groups excluding carboxylic acids is 2. The van der Waals surface area contributed by atoms with Crippen LogP contribution in [-0.4, -0.2) is 28.3 Å². The van der Waals surface area contributed by atoms with Gasteiger partial charge in [-0.25, -0.2) is 0 Å². The molecule has 20 heavy (non-hydrogen) atoms. The molecule has 4 aliphatic carbocycles. The molecular formula is C15H22BrNO3. The van der Waals surface area contributed by atoms with Crippen LogP contribution in [0, 0.1) is 17.8 Å². The summed E-state index contributed by atoms with van der Waals surface area (Å²) < 4.78 is 5.69. The van der Waals surface area contributed by atoms with Crippen molar-refractivity contribution in [2.45, 2.75) is 62.4 Å². The fraction of sp³-hybridized carbons (Fsp3) is 0.867. The lowest BCUT2D eigenvalue weighted by Crippen LogP contribution is -2.63. The molecule has 0 aliphatic heterocycles. The van der Waals surface area contributed by atoms with Gasteiger partial charge in [0.05, 0.1) is 4.83 Å². The molecule has 0 radical (unpaired) electrons. The van der Waals surface area contributed by atoms with Crippen LogP contribution in [0.15, 0.2) is 0 Å². The molecular weight excluding hydrogens is 322 g/mol. The van der Waals surface area contributed by atoms with Gasteiger partial charge in [0, 0.05) is 13.0 Å². The van der Waals surface area contributed by atoms with Gasteiger partial charge in [0.15, 0.2) is 0 Å². The van der Waals surface area contributed by atoms with E-state index in [1.54, 1.807) is 0 Å². The average Bonchev–Trinajstić information content (AvgIpc) is 2.30. The Balaban J connectivity index is 1.74. The first-order chi connectivity index (χ1) is 9.38. The zero-order chi connectivity index (χ0) is 14.5. The van der Waals surface area contributed by atoms with E-state index in [1.807, 2.05) is 6.92 Å². The zero-order valence-electron chi connectivity index (χ0n) is 12.0. The maximum Gasteiger partial charge on any atom is 0.303 e. The Labute approximate surface area is 128 Å². The summed E-state index contributed by atoms with van der Waals surface area (Å²) in [6.07, 6.45) is 5.19. The number of hydrogen-bond donors (Lipinski definition) is 1. The molecule has 0 aromatic rings. The first kappa shape index (κ1) is 14.4. The summed E-state index contributed by atoms with van der Waals surface area (Å²) >= 11 is 3.33. The van der Waals surface area contributed by atoms with Crippen molar-refractivity contribution < 1.29 is 14.3 Å². The summed E-state index contributed by atoms with van der Waals surface area (Å²) in [4.78, 5) is 23.2. The van der Waals surface area contributed by atoms with Gasteiger partial charge in [-0.2, -0.15) is 0 Å². The van der Waals surface area contributed by atoms with Crippen LogP contribution in [0.3, 0.4) is 0 Å². The Morgan fingerprint density at radius 2 is 1.85 bits per heavy atom. The Kier molecular flexibility index (Phi) is 3.59. The van der Waals surface area contributed by atoms with Gasteiger partial charge in [-0.15, -0.1) is 0 Å². The van der Waals surface area contributed by atoms with Gasteiger partial charge in [-0.3, -0.25) is 9.59 Å². The van der Waals surface area contributed by atoms with Crippen molar-refractivity contribution in [2.75, 3.05) is 0 Å². The highest BCUT2D eigenvalue weighted by atomic mass is 79.9. The number of esters is 1. The van der Waals surface area contributed by atoms with Crippen molar-refractivity contribution in [3.05, 3.63) is 0 Å². The van der Waals surface area contributed by atoms with Crippen LogP contribution >= 0.6 is 15.9 Å². The van der Waals surface area contributed by atoms with E-state index < -0.39 is 0 Å². The fourth-order valence-corrected chi connectivity index (χ4v) is 5.03. The van der Waals surface area contributed by atoms with Crippen LogP contribution in [0.25, 0.3) is 0 Å². The minimum atomic E-state index is -0.233. The highest BCUT2D eigenvalue weighted by molar-refractivity contribution is 9.10. The van der Waals surface area contributed by atoms with E-state index in [1.165, 1.54) is 19.8 Å². The van der Waals surface area contributed by atoms with Crippen molar-refractivity contribution in [3.8, 4) is 0 Å². The lowest BCUT2D eigenvalue weighted by atomic mass is 9.52. The third-order valence-corrected chi connectivity index (χ3v) is 5.66. The van der Waals surface area contributed by atoms with Crippen LogP contribution in [0.5, 0.6) is 0 Å². The molecule has 0 saturated heterocycles. The Morgan fingerprint density at radius 3 is 2.35 bits per heavy atom. The predicted molar refractivity (Wildman–Crippen MR) is 78.4 cm³/mol. The van der Waals surface area contributed by atoms with Gasteiger partial charge in [0.1, 0.15) is 5.60 Å². The lowest BCUT2D eigenvalue weighted by Gasteiger charge is -2.59. The molecule has 112 valence electrons. The number of carbonyl (C=O) groups is 2. The third kappa shape index (κ3) is 2.49. The molecule has 1 N–H and O–H groups in total. The number of ether oxygens (including phenoxy) is 1. The van der Waals surface area contributed by atoms with Gasteiger partial charge in [0.25, 0.3) is 0 Å². The van der Waals surface area contributed by atoms with Crippen molar-refractivity contribution in [1.29, 1.82) is 0 Å². The largest absolute Gasteiger partial charge is 0.459 e.